The van der Waals surface area contributed by atoms with Crippen LogP contribution in [0, 0.1) is 11.3 Å². The zero-order chi connectivity index (χ0) is 14.8. The first-order chi connectivity index (χ1) is 10.2. The van der Waals surface area contributed by atoms with E-state index < -0.39 is 0 Å². The largest absolute Gasteiger partial charge is 0.383 e. The normalized spacial score (nSPS) is 30.9. The molecule has 0 radical (unpaired) electrons. The summed E-state index contributed by atoms with van der Waals surface area (Å²) in [5.41, 5.74) is 0.709. The lowest BCUT2D eigenvalue weighted by molar-refractivity contribution is -0.0541. The molecule has 3 aliphatic rings. The quantitative estimate of drug-likeness (QED) is 0.695. The molecule has 1 aliphatic heterocycles. The molecular weight excluding hydrogens is 262 g/mol. The maximum absolute atomic E-state index is 6.56. The maximum Gasteiger partial charge on any atom is 0.0687 e. The summed E-state index contributed by atoms with van der Waals surface area (Å²) in [5.74, 6) is 0.913. The fraction of sp³-hybridized carbons (Fsp3) is 1.00. The Labute approximate surface area is 130 Å². The lowest BCUT2D eigenvalue weighted by atomic mass is 9.79. The molecular formula is C18H33NO2. The minimum Gasteiger partial charge on any atom is -0.383 e. The molecule has 1 N–H and O–H groups in total. The van der Waals surface area contributed by atoms with E-state index in [0.29, 0.717) is 17.1 Å². The average Bonchev–Trinajstić information content (AvgIpc) is 3.14. The summed E-state index contributed by atoms with van der Waals surface area (Å²) < 4.78 is 11.7. The molecule has 3 heteroatoms. The van der Waals surface area contributed by atoms with E-state index in [4.69, 9.17) is 9.47 Å². The van der Waals surface area contributed by atoms with E-state index in [-0.39, 0.29) is 0 Å². The minimum absolute atomic E-state index is 0.290. The lowest BCUT2D eigenvalue weighted by Crippen LogP contribution is -2.38. The van der Waals surface area contributed by atoms with E-state index in [9.17, 15) is 0 Å². The van der Waals surface area contributed by atoms with Gasteiger partial charge in [0.15, 0.2) is 0 Å². The highest BCUT2D eigenvalue weighted by Gasteiger charge is 2.47. The summed E-state index contributed by atoms with van der Waals surface area (Å²) in [6.45, 7) is 5.37. The monoisotopic (exact) mass is 295 g/mol. The Morgan fingerprint density at radius 3 is 2.62 bits per heavy atom. The van der Waals surface area contributed by atoms with Crippen molar-refractivity contribution in [1.29, 1.82) is 0 Å². The summed E-state index contributed by atoms with van der Waals surface area (Å²) in [6.07, 6.45) is 12.6. The topological polar surface area (TPSA) is 30.5 Å². The van der Waals surface area contributed by atoms with Crippen LogP contribution in [0.3, 0.4) is 0 Å². The van der Waals surface area contributed by atoms with Gasteiger partial charge in [-0.15, -0.1) is 0 Å². The van der Waals surface area contributed by atoms with Gasteiger partial charge >= 0.3 is 0 Å². The molecule has 122 valence electrons. The van der Waals surface area contributed by atoms with Gasteiger partial charge in [-0.05, 0) is 56.3 Å². The summed E-state index contributed by atoms with van der Waals surface area (Å²) in [5, 5.41) is 3.60. The van der Waals surface area contributed by atoms with Gasteiger partial charge in [-0.2, -0.15) is 0 Å². The second-order valence-electron chi connectivity index (χ2n) is 7.97. The van der Waals surface area contributed by atoms with Crippen molar-refractivity contribution in [2.45, 2.75) is 76.4 Å². The van der Waals surface area contributed by atoms with Gasteiger partial charge in [0.2, 0.25) is 0 Å². The van der Waals surface area contributed by atoms with Crippen molar-refractivity contribution in [3.8, 4) is 0 Å². The second kappa shape index (κ2) is 6.55. The standard InChI is InChI=1S/C18H33NO2/c1-17(15-5-6-15,14-19-11-12-20-2)13-16-7-10-18(21-16)8-3-4-9-18/h15-16,19H,3-14H2,1-2H3. The molecule has 3 rings (SSSR count). The van der Waals surface area contributed by atoms with Gasteiger partial charge in [0.1, 0.15) is 0 Å². The molecule has 0 aromatic rings. The van der Waals surface area contributed by atoms with Gasteiger partial charge in [-0.25, -0.2) is 0 Å². The van der Waals surface area contributed by atoms with Gasteiger partial charge < -0.3 is 14.8 Å². The first kappa shape index (κ1) is 15.8. The van der Waals surface area contributed by atoms with Gasteiger partial charge in [0.05, 0.1) is 18.3 Å². The van der Waals surface area contributed by atoms with E-state index in [0.717, 1.165) is 25.6 Å². The van der Waals surface area contributed by atoms with Crippen LogP contribution >= 0.6 is 0 Å². The number of hydrogen-bond donors (Lipinski definition) is 1. The molecule has 3 fully saturated rings. The molecule has 2 aliphatic carbocycles. The van der Waals surface area contributed by atoms with E-state index in [1.54, 1.807) is 7.11 Å². The minimum atomic E-state index is 0.290. The first-order valence-electron chi connectivity index (χ1n) is 9.03. The van der Waals surface area contributed by atoms with Crippen molar-refractivity contribution in [3.63, 3.8) is 0 Å². The van der Waals surface area contributed by atoms with Crippen LogP contribution in [0.2, 0.25) is 0 Å². The molecule has 1 spiro atoms. The van der Waals surface area contributed by atoms with Crippen LogP contribution in [0.5, 0.6) is 0 Å². The second-order valence-corrected chi connectivity index (χ2v) is 7.97. The SMILES string of the molecule is COCCNCC(C)(CC1CCC2(CCCC2)O1)C1CC1. The third-order valence-electron chi connectivity index (χ3n) is 6.12. The zero-order valence-electron chi connectivity index (χ0n) is 14.0. The highest BCUT2D eigenvalue weighted by atomic mass is 16.5. The Balaban J connectivity index is 1.50. The van der Waals surface area contributed by atoms with E-state index in [1.807, 2.05) is 0 Å². The molecule has 1 heterocycles. The Bertz CT molecular complexity index is 336. The van der Waals surface area contributed by atoms with Gasteiger partial charge in [-0.3, -0.25) is 0 Å². The predicted octanol–water partition coefficient (Wildman–Crippen LogP) is 3.52. The first-order valence-corrected chi connectivity index (χ1v) is 9.03. The summed E-state index contributed by atoms with van der Waals surface area (Å²) in [7, 11) is 1.77. The number of ether oxygens (including phenoxy) is 2. The Hall–Kier alpha value is -0.120. The number of rotatable bonds is 8. The van der Waals surface area contributed by atoms with Crippen molar-refractivity contribution < 1.29 is 9.47 Å². The fourth-order valence-electron chi connectivity index (χ4n) is 4.66. The number of hydrogen-bond acceptors (Lipinski definition) is 3. The van der Waals surface area contributed by atoms with Crippen LogP contribution in [-0.2, 0) is 9.47 Å². The predicted molar refractivity (Wildman–Crippen MR) is 85.5 cm³/mol. The van der Waals surface area contributed by atoms with Gasteiger partial charge in [0.25, 0.3) is 0 Å². The molecule has 2 saturated carbocycles. The summed E-state index contributed by atoms with van der Waals surface area (Å²) >= 11 is 0. The fourth-order valence-corrected chi connectivity index (χ4v) is 4.66. The molecule has 0 aromatic carbocycles. The maximum atomic E-state index is 6.56. The van der Waals surface area contributed by atoms with Crippen LogP contribution in [0.4, 0.5) is 0 Å². The molecule has 3 nitrogen and oxygen atoms in total. The van der Waals surface area contributed by atoms with E-state index in [1.165, 1.54) is 57.8 Å². The molecule has 0 aromatic heterocycles. The molecule has 2 atom stereocenters. The average molecular weight is 295 g/mol. The van der Waals surface area contributed by atoms with Crippen LogP contribution in [0.1, 0.15) is 64.7 Å². The molecule has 2 unspecified atom stereocenters. The van der Waals surface area contributed by atoms with Crippen LogP contribution < -0.4 is 5.32 Å². The van der Waals surface area contributed by atoms with Crippen LogP contribution in [-0.4, -0.2) is 38.5 Å². The third-order valence-corrected chi connectivity index (χ3v) is 6.12. The van der Waals surface area contributed by atoms with Crippen molar-refractivity contribution in [3.05, 3.63) is 0 Å². The van der Waals surface area contributed by atoms with Crippen LogP contribution in [0.15, 0.2) is 0 Å². The lowest BCUT2D eigenvalue weighted by Gasteiger charge is -2.34. The third kappa shape index (κ3) is 3.80. The number of methoxy groups -OCH3 is 1. The Morgan fingerprint density at radius 1 is 1.19 bits per heavy atom. The molecule has 21 heavy (non-hydrogen) atoms. The van der Waals surface area contributed by atoms with Crippen molar-refractivity contribution >= 4 is 0 Å². The molecule has 0 amide bonds. The summed E-state index contributed by atoms with van der Waals surface area (Å²) in [6, 6.07) is 0. The highest BCUT2D eigenvalue weighted by Crippen LogP contribution is 2.51. The summed E-state index contributed by atoms with van der Waals surface area (Å²) in [4.78, 5) is 0. The van der Waals surface area contributed by atoms with Crippen LogP contribution in [0.25, 0.3) is 0 Å². The van der Waals surface area contributed by atoms with E-state index in [2.05, 4.69) is 12.2 Å². The van der Waals surface area contributed by atoms with Gasteiger partial charge in [0, 0.05) is 20.2 Å². The zero-order valence-corrected chi connectivity index (χ0v) is 14.0. The van der Waals surface area contributed by atoms with E-state index >= 15 is 0 Å². The Kier molecular flexibility index (Phi) is 4.92. The smallest absolute Gasteiger partial charge is 0.0687 e. The van der Waals surface area contributed by atoms with Crippen molar-refractivity contribution in [2.75, 3.05) is 26.8 Å². The number of nitrogens with one attached hydrogen (secondary N) is 1. The Morgan fingerprint density at radius 2 is 1.95 bits per heavy atom. The molecule has 1 saturated heterocycles. The van der Waals surface area contributed by atoms with Gasteiger partial charge in [-0.1, -0.05) is 19.8 Å². The molecule has 0 bridgehead atoms. The highest BCUT2D eigenvalue weighted by molar-refractivity contribution is 4.98. The van der Waals surface area contributed by atoms with Crippen molar-refractivity contribution in [1.82, 2.24) is 5.32 Å². The van der Waals surface area contributed by atoms with Crippen molar-refractivity contribution in [2.24, 2.45) is 11.3 Å².